The summed E-state index contributed by atoms with van der Waals surface area (Å²) >= 11 is 6.36. The Bertz CT molecular complexity index is 1090. The molecule has 4 rings (SSSR count). The second kappa shape index (κ2) is 7.97. The molecule has 1 N–H and O–H groups in total. The van der Waals surface area contributed by atoms with Crippen molar-refractivity contribution in [3.63, 3.8) is 0 Å². The number of likely N-dealkylation sites (tertiary alicyclic amines) is 1. The van der Waals surface area contributed by atoms with Gasteiger partial charge in [-0.3, -0.25) is 4.79 Å². The number of methoxy groups -OCH3 is 1. The topological polar surface area (TPSA) is 62.7 Å². The number of halogens is 2. The van der Waals surface area contributed by atoms with E-state index in [1.807, 2.05) is 0 Å². The minimum Gasteiger partial charge on any atom is -0.497 e. The van der Waals surface area contributed by atoms with Gasteiger partial charge < -0.3 is 14.7 Å². The Hall–Kier alpha value is -2.70. The van der Waals surface area contributed by atoms with Crippen LogP contribution in [0.1, 0.15) is 23.2 Å². The molecule has 7 heteroatoms. The third-order valence-electron chi connectivity index (χ3n) is 5.32. The summed E-state index contributed by atoms with van der Waals surface area (Å²) in [5, 5.41) is 10.6. The molecule has 0 saturated carbocycles. The monoisotopic (exact) mass is 414 g/mol. The Labute approximate surface area is 172 Å². The molecule has 150 valence electrons. The predicted molar refractivity (Wildman–Crippen MR) is 110 cm³/mol. The molecule has 0 bridgehead atoms. The molecule has 1 aromatic heterocycles. The number of ether oxygens (including phenoxy) is 1. The van der Waals surface area contributed by atoms with E-state index in [-0.39, 0.29) is 24.1 Å². The summed E-state index contributed by atoms with van der Waals surface area (Å²) in [6.45, 7) is 0.482. The molecule has 1 atom stereocenters. The van der Waals surface area contributed by atoms with Crippen LogP contribution >= 0.6 is 11.6 Å². The molecule has 2 heterocycles. The quantitative estimate of drug-likeness (QED) is 0.691. The summed E-state index contributed by atoms with van der Waals surface area (Å²) in [6, 6.07) is 11.1. The number of aromatic nitrogens is 1. The van der Waals surface area contributed by atoms with E-state index < -0.39 is 5.82 Å². The van der Waals surface area contributed by atoms with Crippen LogP contribution in [-0.4, -0.2) is 47.2 Å². The molecule has 5 nitrogen and oxygen atoms in total. The third kappa shape index (κ3) is 3.54. The van der Waals surface area contributed by atoms with E-state index in [1.165, 1.54) is 13.2 Å². The Balaban J connectivity index is 1.90. The highest BCUT2D eigenvalue weighted by molar-refractivity contribution is 6.35. The van der Waals surface area contributed by atoms with Crippen LogP contribution in [0.4, 0.5) is 4.39 Å². The van der Waals surface area contributed by atoms with E-state index >= 15 is 0 Å². The van der Waals surface area contributed by atoms with Gasteiger partial charge in [0.15, 0.2) is 0 Å². The molecule has 0 radical (unpaired) electrons. The summed E-state index contributed by atoms with van der Waals surface area (Å²) in [7, 11) is 1.47. The van der Waals surface area contributed by atoms with Gasteiger partial charge in [-0.15, -0.1) is 0 Å². The van der Waals surface area contributed by atoms with Gasteiger partial charge in [-0.2, -0.15) is 0 Å². The second-order valence-electron chi connectivity index (χ2n) is 7.01. The summed E-state index contributed by atoms with van der Waals surface area (Å²) in [5.74, 6) is -0.327. The number of rotatable bonds is 4. The molecule has 1 fully saturated rings. The molecule has 1 aliphatic rings. The largest absolute Gasteiger partial charge is 0.497 e. The van der Waals surface area contributed by atoms with Crippen LogP contribution in [0, 0.1) is 5.82 Å². The Kier molecular flexibility index (Phi) is 5.39. The molecule has 3 aromatic rings. The van der Waals surface area contributed by atoms with Gasteiger partial charge in [0.2, 0.25) is 0 Å². The minimum absolute atomic E-state index is 0.0878. The van der Waals surface area contributed by atoms with Crippen LogP contribution in [0.25, 0.3) is 22.2 Å². The zero-order chi connectivity index (χ0) is 20.5. The van der Waals surface area contributed by atoms with Gasteiger partial charge >= 0.3 is 0 Å². The lowest BCUT2D eigenvalue weighted by Crippen LogP contribution is -2.37. The van der Waals surface area contributed by atoms with Gasteiger partial charge in [0.1, 0.15) is 11.6 Å². The number of benzene rings is 2. The summed E-state index contributed by atoms with van der Waals surface area (Å²) in [6.07, 6.45) is 1.59. The van der Waals surface area contributed by atoms with Gasteiger partial charge in [-0.1, -0.05) is 23.7 Å². The van der Waals surface area contributed by atoms with Crippen molar-refractivity contribution < 1.29 is 19.0 Å². The summed E-state index contributed by atoms with van der Waals surface area (Å²) in [5.41, 5.74) is 1.39. The second-order valence-corrected chi connectivity index (χ2v) is 7.42. The first-order valence-electron chi connectivity index (χ1n) is 9.38. The number of hydrogen-bond acceptors (Lipinski definition) is 4. The number of carbonyl (C=O) groups excluding carboxylic acids is 1. The van der Waals surface area contributed by atoms with Crippen molar-refractivity contribution in [2.24, 2.45) is 0 Å². The first-order valence-corrected chi connectivity index (χ1v) is 9.76. The highest BCUT2D eigenvalue weighted by Gasteiger charge is 2.30. The zero-order valence-electron chi connectivity index (χ0n) is 15.9. The molecule has 2 aromatic carbocycles. The van der Waals surface area contributed by atoms with Gasteiger partial charge in [0.25, 0.3) is 5.91 Å². The third-order valence-corrected chi connectivity index (χ3v) is 5.63. The average molecular weight is 415 g/mol. The standard InChI is InChI=1S/C22H20ClFN2O3/c1-29-14-7-8-16(19(24)10-14)20-11-17(15-5-2-6-18(23)21(15)25-20)22(28)26-9-3-4-13(26)12-27/h2,5-8,10-11,13,27H,3-4,9,12H2,1H3/t13-/m1/s1. The van der Waals surface area contributed by atoms with E-state index in [9.17, 15) is 14.3 Å². The summed E-state index contributed by atoms with van der Waals surface area (Å²) < 4.78 is 19.8. The first-order chi connectivity index (χ1) is 14.0. The fourth-order valence-electron chi connectivity index (χ4n) is 3.81. The van der Waals surface area contributed by atoms with Crippen molar-refractivity contribution in [3.05, 3.63) is 58.9 Å². The molecule has 1 amide bonds. The number of carbonyl (C=O) groups is 1. The van der Waals surface area contributed by atoms with Gasteiger partial charge in [-0.05, 0) is 37.1 Å². The average Bonchev–Trinajstić information content (AvgIpc) is 3.21. The molecule has 0 aliphatic carbocycles. The molecule has 0 unspecified atom stereocenters. The van der Waals surface area contributed by atoms with Crippen LogP contribution in [-0.2, 0) is 0 Å². The van der Waals surface area contributed by atoms with Gasteiger partial charge in [-0.25, -0.2) is 9.37 Å². The van der Waals surface area contributed by atoms with E-state index in [1.54, 1.807) is 41.3 Å². The minimum atomic E-state index is -0.504. The number of pyridine rings is 1. The van der Waals surface area contributed by atoms with Crippen molar-refractivity contribution in [2.75, 3.05) is 20.3 Å². The van der Waals surface area contributed by atoms with Crippen molar-refractivity contribution in [2.45, 2.75) is 18.9 Å². The number of aliphatic hydroxyl groups excluding tert-OH is 1. The number of hydrogen-bond donors (Lipinski definition) is 1. The molecule has 1 aliphatic heterocycles. The van der Waals surface area contributed by atoms with E-state index in [2.05, 4.69) is 4.98 Å². The number of nitrogens with zero attached hydrogens (tertiary/aromatic N) is 2. The van der Waals surface area contributed by atoms with E-state index in [0.29, 0.717) is 39.5 Å². The van der Waals surface area contributed by atoms with Crippen molar-refractivity contribution in [1.29, 1.82) is 0 Å². The van der Waals surface area contributed by atoms with Crippen molar-refractivity contribution >= 4 is 28.4 Å². The lowest BCUT2D eigenvalue weighted by Gasteiger charge is -2.24. The highest BCUT2D eigenvalue weighted by atomic mass is 35.5. The van der Waals surface area contributed by atoms with Gasteiger partial charge in [0.05, 0.1) is 41.6 Å². The molecule has 29 heavy (non-hydrogen) atoms. The van der Waals surface area contributed by atoms with Crippen molar-refractivity contribution in [1.82, 2.24) is 9.88 Å². The Morgan fingerprint density at radius 1 is 1.34 bits per heavy atom. The molecular weight excluding hydrogens is 395 g/mol. The van der Waals surface area contributed by atoms with Crippen LogP contribution in [0.5, 0.6) is 5.75 Å². The van der Waals surface area contributed by atoms with E-state index in [0.717, 1.165) is 12.8 Å². The predicted octanol–water partition coefficient (Wildman–Crippen LogP) is 4.30. The fourth-order valence-corrected chi connectivity index (χ4v) is 4.02. The van der Waals surface area contributed by atoms with E-state index in [4.69, 9.17) is 16.3 Å². The zero-order valence-corrected chi connectivity index (χ0v) is 16.6. The van der Waals surface area contributed by atoms with Crippen LogP contribution in [0.15, 0.2) is 42.5 Å². The van der Waals surface area contributed by atoms with Gasteiger partial charge in [0, 0.05) is 23.6 Å². The number of para-hydroxylation sites is 1. The van der Waals surface area contributed by atoms with Crippen LogP contribution in [0.3, 0.4) is 0 Å². The Morgan fingerprint density at radius 2 is 2.17 bits per heavy atom. The Morgan fingerprint density at radius 3 is 2.90 bits per heavy atom. The maximum Gasteiger partial charge on any atom is 0.254 e. The maximum atomic E-state index is 14.7. The SMILES string of the molecule is COc1ccc(-c2cc(C(=O)N3CCC[C@@H]3CO)c3cccc(Cl)c3n2)c(F)c1. The van der Waals surface area contributed by atoms with Crippen molar-refractivity contribution in [3.8, 4) is 17.0 Å². The number of fused-ring (bicyclic) bond motifs is 1. The lowest BCUT2D eigenvalue weighted by atomic mass is 10.0. The normalized spacial score (nSPS) is 16.4. The molecule has 0 spiro atoms. The maximum absolute atomic E-state index is 14.7. The number of aliphatic hydroxyl groups is 1. The lowest BCUT2D eigenvalue weighted by molar-refractivity contribution is 0.0679. The molecular formula is C22H20ClFN2O3. The molecule has 1 saturated heterocycles. The van der Waals surface area contributed by atoms with Crippen LogP contribution < -0.4 is 4.74 Å². The number of amides is 1. The highest BCUT2D eigenvalue weighted by Crippen LogP contribution is 2.33. The van der Waals surface area contributed by atoms with Crippen LogP contribution in [0.2, 0.25) is 5.02 Å². The fraction of sp³-hybridized carbons (Fsp3) is 0.273. The smallest absolute Gasteiger partial charge is 0.254 e. The first kappa shape index (κ1) is 19.6. The summed E-state index contributed by atoms with van der Waals surface area (Å²) in [4.78, 5) is 19.5.